The molecule has 0 bridgehead atoms. The highest BCUT2D eigenvalue weighted by Gasteiger charge is 2.25. The molecule has 2 aliphatic rings. The van der Waals surface area contributed by atoms with E-state index >= 15 is 0 Å². The van der Waals surface area contributed by atoms with Crippen molar-refractivity contribution in [3.05, 3.63) is 59.2 Å². The summed E-state index contributed by atoms with van der Waals surface area (Å²) in [5.41, 5.74) is 10.7. The normalized spacial score (nSPS) is 17.3. The van der Waals surface area contributed by atoms with E-state index in [1.54, 1.807) is 16.4 Å². The average molecular weight is 540 g/mol. The van der Waals surface area contributed by atoms with Gasteiger partial charge in [0.05, 0.1) is 11.4 Å². The van der Waals surface area contributed by atoms with Crippen LogP contribution in [0, 0.1) is 0 Å². The van der Waals surface area contributed by atoms with Gasteiger partial charge >= 0.3 is 0 Å². The fraction of sp³-hybridized carbons (Fsp3) is 0.409. The highest BCUT2D eigenvalue weighted by molar-refractivity contribution is 14.0. The lowest BCUT2D eigenvalue weighted by molar-refractivity contribution is 0.346. The molecule has 1 aliphatic heterocycles. The van der Waals surface area contributed by atoms with Crippen LogP contribution in [-0.2, 0) is 29.4 Å². The number of benzene rings is 2. The van der Waals surface area contributed by atoms with Gasteiger partial charge in [-0.1, -0.05) is 24.6 Å². The van der Waals surface area contributed by atoms with E-state index in [1.807, 2.05) is 18.2 Å². The highest BCUT2D eigenvalue weighted by Crippen LogP contribution is 2.25. The number of rotatable bonds is 5. The molecule has 1 fully saturated rings. The molecule has 4 rings (SSSR count). The van der Waals surface area contributed by atoms with E-state index in [0.29, 0.717) is 30.5 Å². The Morgan fingerprint density at radius 1 is 0.967 bits per heavy atom. The first-order valence-corrected chi connectivity index (χ1v) is 11.7. The number of nitrogens with two attached hydrogens (primary N) is 1. The number of aliphatic imine (C=N–C) groups is 1. The largest absolute Gasteiger partial charge is 0.370 e. The zero-order valence-corrected chi connectivity index (χ0v) is 20.2. The van der Waals surface area contributed by atoms with Gasteiger partial charge in [-0.3, -0.25) is 0 Å². The third kappa shape index (κ3) is 5.33. The first-order chi connectivity index (χ1) is 14.0. The number of nitrogens with one attached hydrogen (secondary N) is 1. The summed E-state index contributed by atoms with van der Waals surface area (Å²) in [7, 11) is -3.40. The molecule has 30 heavy (non-hydrogen) atoms. The Morgan fingerprint density at radius 2 is 1.67 bits per heavy atom. The first kappa shape index (κ1) is 23.0. The summed E-state index contributed by atoms with van der Waals surface area (Å²) < 4.78 is 27.0. The maximum Gasteiger partial charge on any atom is 0.243 e. The molecule has 0 spiro atoms. The smallest absolute Gasteiger partial charge is 0.243 e. The van der Waals surface area contributed by atoms with E-state index in [2.05, 4.69) is 22.4 Å². The van der Waals surface area contributed by atoms with Crippen molar-refractivity contribution < 1.29 is 8.42 Å². The van der Waals surface area contributed by atoms with Crippen LogP contribution in [0.15, 0.2) is 52.4 Å². The number of fused-ring (bicyclic) bond motifs is 1. The van der Waals surface area contributed by atoms with Gasteiger partial charge in [0.15, 0.2) is 5.96 Å². The topological polar surface area (TPSA) is 87.8 Å². The average Bonchev–Trinajstić information content (AvgIpc) is 3.21. The Bertz CT molecular complexity index is 1000. The van der Waals surface area contributed by atoms with Crippen molar-refractivity contribution in [3.8, 4) is 0 Å². The molecule has 1 saturated heterocycles. The maximum absolute atomic E-state index is 12.7. The molecule has 3 N–H and O–H groups in total. The van der Waals surface area contributed by atoms with Gasteiger partial charge in [-0.25, -0.2) is 13.4 Å². The molecule has 0 unspecified atom stereocenters. The van der Waals surface area contributed by atoms with Crippen LogP contribution in [0.5, 0.6) is 0 Å². The Balaban J connectivity index is 0.00000256. The number of halogens is 1. The number of anilines is 1. The lowest BCUT2D eigenvalue weighted by Crippen LogP contribution is -2.35. The summed E-state index contributed by atoms with van der Waals surface area (Å²) >= 11 is 0. The van der Waals surface area contributed by atoms with Crippen molar-refractivity contribution in [2.45, 2.75) is 50.0 Å². The van der Waals surface area contributed by atoms with Crippen LogP contribution in [0.4, 0.5) is 5.69 Å². The fourth-order valence-corrected chi connectivity index (χ4v) is 5.55. The molecule has 8 heteroatoms. The molecule has 0 atom stereocenters. The van der Waals surface area contributed by atoms with Gasteiger partial charge in [0.2, 0.25) is 10.0 Å². The summed E-state index contributed by atoms with van der Waals surface area (Å²) in [6.07, 6.45) is 6.46. The van der Waals surface area contributed by atoms with Crippen LogP contribution in [0.25, 0.3) is 0 Å². The zero-order chi connectivity index (χ0) is 20.3. The predicted molar refractivity (Wildman–Crippen MR) is 132 cm³/mol. The number of aryl methyl sites for hydroxylation is 2. The Labute approximate surface area is 196 Å². The molecule has 6 nitrogen and oxygen atoms in total. The minimum absolute atomic E-state index is 0. The molecule has 0 saturated carbocycles. The second-order valence-electron chi connectivity index (χ2n) is 7.77. The fourth-order valence-electron chi connectivity index (χ4n) is 4.03. The Kier molecular flexibility index (Phi) is 7.75. The van der Waals surface area contributed by atoms with E-state index in [1.165, 1.54) is 17.5 Å². The van der Waals surface area contributed by atoms with Crippen molar-refractivity contribution in [2.24, 2.45) is 10.7 Å². The number of piperidine rings is 1. The molecule has 2 aromatic rings. The van der Waals surface area contributed by atoms with Gasteiger partial charge < -0.3 is 11.1 Å². The predicted octanol–water partition coefficient (Wildman–Crippen LogP) is 3.89. The van der Waals surface area contributed by atoms with Gasteiger partial charge in [-0.2, -0.15) is 4.31 Å². The van der Waals surface area contributed by atoms with Gasteiger partial charge in [-0.05, 0) is 73.1 Å². The van der Waals surface area contributed by atoms with Crippen molar-refractivity contribution in [2.75, 3.05) is 18.4 Å². The van der Waals surface area contributed by atoms with E-state index in [9.17, 15) is 8.42 Å². The molecule has 0 radical (unpaired) electrons. The Hall–Kier alpha value is -1.65. The maximum atomic E-state index is 12.7. The minimum atomic E-state index is -3.40. The van der Waals surface area contributed by atoms with Crippen molar-refractivity contribution in [1.82, 2.24) is 4.31 Å². The lowest BCUT2D eigenvalue weighted by Gasteiger charge is -2.25. The summed E-state index contributed by atoms with van der Waals surface area (Å²) in [6, 6.07) is 13.3. The molecule has 0 aromatic heterocycles. The van der Waals surface area contributed by atoms with E-state index < -0.39 is 10.0 Å². The van der Waals surface area contributed by atoms with Gasteiger partial charge in [-0.15, -0.1) is 24.0 Å². The quantitative estimate of drug-likeness (QED) is 0.342. The van der Waals surface area contributed by atoms with Crippen LogP contribution in [-0.4, -0.2) is 31.8 Å². The van der Waals surface area contributed by atoms with Gasteiger partial charge in [0, 0.05) is 18.8 Å². The number of sulfonamides is 1. The molecular weight excluding hydrogens is 511 g/mol. The lowest BCUT2D eigenvalue weighted by atomic mass is 10.1. The highest BCUT2D eigenvalue weighted by atomic mass is 127. The van der Waals surface area contributed by atoms with E-state index in [-0.39, 0.29) is 24.0 Å². The second-order valence-corrected chi connectivity index (χ2v) is 9.71. The molecule has 1 aliphatic carbocycles. The van der Waals surface area contributed by atoms with Crippen molar-refractivity contribution in [1.29, 1.82) is 0 Å². The monoisotopic (exact) mass is 540 g/mol. The first-order valence-electron chi connectivity index (χ1n) is 10.3. The zero-order valence-electron chi connectivity index (χ0n) is 17.0. The van der Waals surface area contributed by atoms with E-state index in [4.69, 9.17) is 5.73 Å². The molecular formula is C22H29IN4O2S. The minimum Gasteiger partial charge on any atom is -0.370 e. The third-order valence-electron chi connectivity index (χ3n) is 5.68. The molecule has 2 aromatic carbocycles. The van der Waals surface area contributed by atoms with Crippen molar-refractivity contribution >= 4 is 45.6 Å². The van der Waals surface area contributed by atoms with Crippen molar-refractivity contribution in [3.63, 3.8) is 0 Å². The Morgan fingerprint density at radius 3 is 2.40 bits per heavy atom. The van der Waals surface area contributed by atoms with Crippen LogP contribution in [0.2, 0.25) is 0 Å². The van der Waals surface area contributed by atoms with Crippen LogP contribution < -0.4 is 11.1 Å². The number of hydrogen-bond donors (Lipinski definition) is 2. The number of guanidine groups is 1. The second kappa shape index (κ2) is 10.1. The summed E-state index contributed by atoms with van der Waals surface area (Å²) in [5, 5.41) is 3.15. The molecule has 1 heterocycles. The number of hydrogen-bond acceptors (Lipinski definition) is 3. The summed E-state index contributed by atoms with van der Waals surface area (Å²) in [6.45, 7) is 1.62. The van der Waals surface area contributed by atoms with Crippen LogP contribution in [0.1, 0.15) is 42.4 Å². The number of nitrogens with zero attached hydrogens (tertiary/aromatic N) is 2. The third-order valence-corrected chi connectivity index (χ3v) is 7.59. The van der Waals surface area contributed by atoms with Crippen LogP contribution in [0.3, 0.4) is 0 Å². The SMILES string of the molecule is I.NC(=NCc1ccc(S(=O)(=O)N2CCCCC2)cc1)Nc1ccc2c(c1)CCC2. The van der Waals surface area contributed by atoms with Crippen LogP contribution >= 0.6 is 24.0 Å². The summed E-state index contributed by atoms with van der Waals surface area (Å²) in [5.74, 6) is 0.355. The molecule has 0 amide bonds. The van der Waals surface area contributed by atoms with E-state index in [0.717, 1.165) is 43.4 Å². The molecule has 162 valence electrons. The standard InChI is InChI=1S/C22H28N4O2S.HI/c23-22(25-20-10-9-18-5-4-6-19(18)15-20)24-16-17-7-11-21(12-8-17)29(27,28)26-13-2-1-3-14-26;/h7-12,15H,1-6,13-14,16H2,(H3,23,24,25);1H. The van der Waals surface area contributed by atoms with Gasteiger partial charge in [0.25, 0.3) is 0 Å². The summed E-state index contributed by atoms with van der Waals surface area (Å²) in [4.78, 5) is 4.73. The van der Waals surface area contributed by atoms with Gasteiger partial charge in [0.1, 0.15) is 0 Å².